The highest BCUT2D eigenvalue weighted by atomic mass is 19.1. The summed E-state index contributed by atoms with van der Waals surface area (Å²) in [5.74, 6) is -1.81. The van der Waals surface area contributed by atoms with Gasteiger partial charge in [-0.2, -0.15) is 0 Å². The number of rotatable bonds is 8. The van der Waals surface area contributed by atoms with Gasteiger partial charge in [-0.25, -0.2) is 4.39 Å². The molecule has 0 aromatic heterocycles. The molecule has 2 N–H and O–H groups in total. The van der Waals surface area contributed by atoms with Crippen molar-refractivity contribution in [2.45, 2.75) is 39.7 Å². The zero-order valence-corrected chi connectivity index (χ0v) is 13.1. The van der Waals surface area contributed by atoms with E-state index in [-0.39, 0.29) is 18.2 Å². The quantitative estimate of drug-likeness (QED) is 0.774. The predicted molar refractivity (Wildman–Crippen MR) is 80.2 cm³/mol. The molecule has 0 aliphatic carbocycles. The second-order valence-electron chi connectivity index (χ2n) is 5.68. The summed E-state index contributed by atoms with van der Waals surface area (Å²) in [6, 6.07) is 5.88. The van der Waals surface area contributed by atoms with E-state index < -0.39 is 23.3 Å². The van der Waals surface area contributed by atoms with E-state index in [2.05, 4.69) is 5.32 Å². The maximum Gasteiger partial charge on any atom is 0.309 e. The summed E-state index contributed by atoms with van der Waals surface area (Å²) in [6.07, 6.45) is -0.142. The molecule has 0 spiro atoms. The van der Waals surface area contributed by atoms with Crippen LogP contribution < -0.4 is 10.1 Å². The van der Waals surface area contributed by atoms with Gasteiger partial charge in [0.1, 0.15) is 0 Å². The van der Waals surface area contributed by atoms with Gasteiger partial charge in [-0.05, 0) is 38.8 Å². The molecule has 6 heteroatoms. The van der Waals surface area contributed by atoms with Crippen LogP contribution in [-0.4, -0.2) is 29.6 Å². The number of carbonyl (C=O) groups is 2. The fourth-order valence-electron chi connectivity index (χ4n) is 1.73. The molecule has 1 rings (SSSR count). The lowest BCUT2D eigenvalue weighted by atomic mass is 9.90. The minimum absolute atomic E-state index is 0.0235. The van der Waals surface area contributed by atoms with Crippen LogP contribution in [0.15, 0.2) is 24.3 Å². The summed E-state index contributed by atoms with van der Waals surface area (Å²) in [5.41, 5.74) is -0.915. The number of nitrogens with one attached hydrogen (secondary N) is 1. The number of para-hydroxylation sites is 1. The molecule has 122 valence electrons. The molecule has 22 heavy (non-hydrogen) atoms. The Morgan fingerprint density at radius 3 is 2.55 bits per heavy atom. The zero-order chi connectivity index (χ0) is 16.8. The third-order valence-corrected chi connectivity index (χ3v) is 3.40. The molecule has 0 saturated carbocycles. The highest BCUT2D eigenvalue weighted by Crippen LogP contribution is 2.20. The summed E-state index contributed by atoms with van der Waals surface area (Å²) in [5, 5.41) is 11.6. The molecule has 1 atom stereocenters. The Bertz CT molecular complexity index is 531. The Morgan fingerprint density at radius 1 is 1.36 bits per heavy atom. The monoisotopic (exact) mass is 311 g/mol. The van der Waals surface area contributed by atoms with Crippen molar-refractivity contribution in [1.29, 1.82) is 0 Å². The van der Waals surface area contributed by atoms with Crippen LogP contribution in [0.3, 0.4) is 0 Å². The van der Waals surface area contributed by atoms with Gasteiger partial charge in [-0.15, -0.1) is 0 Å². The van der Waals surface area contributed by atoms with Crippen molar-refractivity contribution in [3.8, 4) is 5.75 Å². The van der Waals surface area contributed by atoms with Crippen molar-refractivity contribution in [1.82, 2.24) is 5.32 Å². The lowest BCUT2D eigenvalue weighted by molar-refractivity contribution is -0.147. The van der Waals surface area contributed by atoms with Gasteiger partial charge in [0.15, 0.2) is 17.7 Å². The lowest BCUT2D eigenvalue weighted by Gasteiger charge is -2.21. The van der Waals surface area contributed by atoms with Crippen LogP contribution in [0.5, 0.6) is 5.75 Å². The zero-order valence-electron chi connectivity index (χ0n) is 13.1. The minimum atomic E-state index is -0.920. The molecule has 5 nitrogen and oxygen atoms in total. The minimum Gasteiger partial charge on any atom is -0.481 e. The Hall–Kier alpha value is -2.11. The van der Waals surface area contributed by atoms with Gasteiger partial charge in [-0.1, -0.05) is 19.1 Å². The normalized spacial score (nSPS) is 12.5. The Balaban J connectivity index is 2.55. The van der Waals surface area contributed by atoms with E-state index in [1.165, 1.54) is 18.2 Å². The number of carboxylic acids is 1. The maximum atomic E-state index is 13.5. The molecule has 0 bridgehead atoms. The number of halogens is 1. The van der Waals surface area contributed by atoms with Gasteiger partial charge >= 0.3 is 5.97 Å². The Kier molecular flexibility index (Phi) is 6.34. The van der Waals surface area contributed by atoms with Crippen LogP contribution in [0.2, 0.25) is 0 Å². The van der Waals surface area contributed by atoms with Crippen molar-refractivity contribution < 1.29 is 23.8 Å². The fraction of sp³-hybridized carbons (Fsp3) is 0.500. The molecule has 0 aliphatic heterocycles. The van der Waals surface area contributed by atoms with Crippen LogP contribution >= 0.6 is 0 Å². The molecule has 1 aromatic rings. The molecular weight excluding hydrogens is 289 g/mol. The summed E-state index contributed by atoms with van der Waals surface area (Å²) >= 11 is 0. The summed E-state index contributed by atoms with van der Waals surface area (Å²) in [6.45, 7) is 5.16. The van der Waals surface area contributed by atoms with Crippen LogP contribution in [0, 0.1) is 11.2 Å². The van der Waals surface area contributed by atoms with Gasteiger partial charge in [0.05, 0.1) is 5.41 Å². The second-order valence-corrected chi connectivity index (χ2v) is 5.68. The second kappa shape index (κ2) is 7.77. The topological polar surface area (TPSA) is 75.6 Å². The summed E-state index contributed by atoms with van der Waals surface area (Å²) in [7, 11) is 0. The Labute approximate surface area is 129 Å². The van der Waals surface area contributed by atoms with Gasteiger partial charge in [0.25, 0.3) is 5.91 Å². The molecule has 1 amide bonds. The van der Waals surface area contributed by atoms with Crippen molar-refractivity contribution in [2.75, 3.05) is 6.54 Å². The molecule has 1 unspecified atom stereocenters. The first-order valence-corrected chi connectivity index (χ1v) is 7.20. The molecule has 0 aliphatic rings. The van der Waals surface area contributed by atoms with E-state index in [9.17, 15) is 14.0 Å². The highest BCUT2D eigenvalue weighted by molar-refractivity contribution is 5.81. The average Bonchev–Trinajstić information content (AvgIpc) is 2.45. The van der Waals surface area contributed by atoms with Crippen LogP contribution in [0.25, 0.3) is 0 Å². The Morgan fingerprint density at radius 2 is 2.00 bits per heavy atom. The number of hydrogen-bond acceptors (Lipinski definition) is 3. The first kappa shape index (κ1) is 17.9. The van der Waals surface area contributed by atoms with Crippen LogP contribution in [0.1, 0.15) is 33.6 Å². The van der Waals surface area contributed by atoms with Gasteiger partial charge in [-0.3, -0.25) is 9.59 Å². The summed E-state index contributed by atoms with van der Waals surface area (Å²) < 4.78 is 18.9. The molecule has 0 fully saturated rings. The predicted octanol–water partition coefficient (Wildman–Crippen LogP) is 2.60. The van der Waals surface area contributed by atoms with Crippen molar-refractivity contribution >= 4 is 11.9 Å². The number of carbonyl (C=O) groups excluding carboxylic acids is 1. The third-order valence-electron chi connectivity index (χ3n) is 3.40. The van der Waals surface area contributed by atoms with E-state index >= 15 is 0 Å². The number of ether oxygens (including phenoxy) is 1. The van der Waals surface area contributed by atoms with Gasteiger partial charge in [0.2, 0.25) is 0 Å². The number of carboxylic acid groups (broad SMARTS) is 1. The lowest BCUT2D eigenvalue weighted by Crippen LogP contribution is -2.40. The molecule has 0 saturated heterocycles. The van der Waals surface area contributed by atoms with Gasteiger partial charge < -0.3 is 15.2 Å². The molecule has 0 radical (unpaired) electrons. The highest BCUT2D eigenvalue weighted by Gasteiger charge is 2.27. The third kappa shape index (κ3) is 5.02. The average molecular weight is 311 g/mol. The SMILES string of the molecule is CCC(Oc1ccccc1F)C(=O)NCCC(C)(C)C(=O)O. The molecule has 0 heterocycles. The van der Waals surface area contributed by atoms with Crippen LogP contribution in [0.4, 0.5) is 4.39 Å². The number of benzene rings is 1. The smallest absolute Gasteiger partial charge is 0.309 e. The first-order valence-electron chi connectivity index (χ1n) is 7.20. The number of aliphatic carboxylic acids is 1. The van der Waals surface area contributed by atoms with Crippen LogP contribution in [-0.2, 0) is 9.59 Å². The number of amides is 1. The van der Waals surface area contributed by atoms with Crippen molar-refractivity contribution in [3.63, 3.8) is 0 Å². The van der Waals surface area contributed by atoms with E-state index in [0.29, 0.717) is 12.8 Å². The maximum absolute atomic E-state index is 13.5. The van der Waals surface area contributed by atoms with Crippen molar-refractivity contribution in [3.05, 3.63) is 30.1 Å². The largest absolute Gasteiger partial charge is 0.481 e. The van der Waals surface area contributed by atoms with E-state index in [1.807, 2.05) is 0 Å². The standard InChI is InChI=1S/C16H22FNO4/c1-4-12(22-13-8-6-5-7-11(13)17)14(19)18-10-9-16(2,3)15(20)21/h5-8,12H,4,9-10H2,1-3H3,(H,18,19)(H,20,21). The first-order chi connectivity index (χ1) is 10.3. The van der Waals surface area contributed by atoms with E-state index in [0.717, 1.165) is 0 Å². The molecular formula is C16H22FNO4. The fourth-order valence-corrected chi connectivity index (χ4v) is 1.73. The molecule has 1 aromatic carbocycles. The van der Waals surface area contributed by atoms with Gasteiger partial charge in [0, 0.05) is 6.54 Å². The van der Waals surface area contributed by atoms with E-state index in [4.69, 9.17) is 9.84 Å². The van der Waals surface area contributed by atoms with E-state index in [1.54, 1.807) is 26.8 Å². The van der Waals surface area contributed by atoms with Crippen molar-refractivity contribution in [2.24, 2.45) is 5.41 Å². The number of hydrogen-bond donors (Lipinski definition) is 2. The summed E-state index contributed by atoms with van der Waals surface area (Å²) in [4.78, 5) is 23.0.